The minimum atomic E-state index is -1.06. The number of hydrogen-bond acceptors (Lipinski definition) is 5. The maximum Gasteiger partial charge on any atom is 0.256 e. The predicted molar refractivity (Wildman–Crippen MR) is 112 cm³/mol. The molecular formula is C23H28N4O3. The zero-order chi connectivity index (χ0) is 21.3. The first-order chi connectivity index (χ1) is 14.3. The summed E-state index contributed by atoms with van der Waals surface area (Å²) < 4.78 is 7.56. The highest BCUT2D eigenvalue weighted by atomic mass is 16.4. The lowest BCUT2D eigenvalue weighted by Gasteiger charge is -2.35. The van der Waals surface area contributed by atoms with Gasteiger partial charge in [-0.25, -0.2) is 9.67 Å². The number of aromatic nitrogens is 3. The first kappa shape index (κ1) is 20.3. The number of rotatable bonds is 5. The van der Waals surface area contributed by atoms with E-state index in [-0.39, 0.29) is 11.9 Å². The molecule has 7 heteroatoms. The van der Waals surface area contributed by atoms with Crippen LogP contribution in [0.5, 0.6) is 0 Å². The molecule has 0 spiro atoms. The molecule has 7 nitrogen and oxygen atoms in total. The molecule has 0 bridgehead atoms. The molecule has 1 fully saturated rings. The third-order valence-corrected chi connectivity index (χ3v) is 5.60. The fraction of sp³-hybridized carbons (Fsp3) is 0.435. The summed E-state index contributed by atoms with van der Waals surface area (Å²) in [5.41, 5.74) is 0.897. The Labute approximate surface area is 176 Å². The van der Waals surface area contributed by atoms with Gasteiger partial charge in [0, 0.05) is 31.4 Å². The zero-order valence-corrected chi connectivity index (χ0v) is 17.7. The first-order valence-corrected chi connectivity index (χ1v) is 10.4. The van der Waals surface area contributed by atoms with Crippen LogP contribution < -0.4 is 0 Å². The molecule has 1 aliphatic rings. The van der Waals surface area contributed by atoms with Crippen LogP contribution in [0.15, 0.2) is 47.1 Å². The minimum absolute atomic E-state index is 0.00297. The Balaban J connectivity index is 1.60. The maximum atomic E-state index is 13.5. The van der Waals surface area contributed by atoms with Gasteiger partial charge in [0.15, 0.2) is 5.89 Å². The standard InChI is InChI=1S/C23H28N4O3/c1-16-21(23(2,3)29)25-20(30-16)15-17-9-6-7-13-26(17)22(28)18-10-4-5-11-19(18)27-14-8-12-24-27/h4-5,8,10-12,14,17,29H,6-7,9,13,15H2,1-3H3/t17-/m1/s1. The summed E-state index contributed by atoms with van der Waals surface area (Å²) in [6, 6.07) is 9.40. The van der Waals surface area contributed by atoms with Crippen LogP contribution in [0.3, 0.4) is 0 Å². The SMILES string of the molecule is Cc1oc(C[C@H]2CCCCN2C(=O)c2ccccc2-n2cccn2)nc1C(C)(C)O. The second-order valence-corrected chi connectivity index (χ2v) is 8.39. The molecule has 0 saturated carbocycles. The summed E-state index contributed by atoms with van der Waals surface area (Å²) >= 11 is 0. The summed E-state index contributed by atoms with van der Waals surface area (Å²) in [5.74, 6) is 1.18. The van der Waals surface area contributed by atoms with Gasteiger partial charge >= 0.3 is 0 Å². The van der Waals surface area contributed by atoms with Crippen molar-refractivity contribution in [3.63, 3.8) is 0 Å². The van der Waals surface area contributed by atoms with E-state index in [0.29, 0.717) is 35.9 Å². The Kier molecular flexibility index (Phi) is 5.47. The van der Waals surface area contributed by atoms with Crippen molar-refractivity contribution in [2.75, 3.05) is 6.54 Å². The van der Waals surface area contributed by atoms with Crippen LogP contribution in [0, 0.1) is 6.92 Å². The van der Waals surface area contributed by atoms with Crippen molar-refractivity contribution in [1.82, 2.24) is 19.7 Å². The second kappa shape index (κ2) is 8.07. The monoisotopic (exact) mass is 408 g/mol. The number of likely N-dealkylation sites (tertiary alicyclic amines) is 1. The first-order valence-electron chi connectivity index (χ1n) is 10.4. The van der Waals surface area contributed by atoms with Crippen LogP contribution in [0.4, 0.5) is 0 Å². The lowest BCUT2D eigenvalue weighted by Crippen LogP contribution is -2.45. The average Bonchev–Trinajstić information content (AvgIpc) is 3.37. The molecule has 2 aromatic heterocycles. The lowest BCUT2D eigenvalue weighted by molar-refractivity contribution is 0.0603. The van der Waals surface area contributed by atoms with Crippen LogP contribution in [-0.4, -0.2) is 43.3 Å². The number of aliphatic hydroxyl groups is 1. The summed E-state index contributed by atoms with van der Waals surface area (Å²) in [6.07, 6.45) is 7.02. The van der Waals surface area contributed by atoms with Crippen LogP contribution >= 0.6 is 0 Å². The number of benzene rings is 1. The molecule has 158 valence electrons. The number of amides is 1. The second-order valence-electron chi connectivity index (χ2n) is 8.39. The molecule has 3 heterocycles. The van der Waals surface area contributed by atoms with Gasteiger partial charge in [-0.3, -0.25) is 4.79 Å². The highest BCUT2D eigenvalue weighted by Gasteiger charge is 2.32. The summed E-state index contributed by atoms with van der Waals surface area (Å²) in [4.78, 5) is 20.0. The van der Waals surface area contributed by atoms with Gasteiger partial charge in [-0.05, 0) is 58.2 Å². The van der Waals surface area contributed by atoms with E-state index in [9.17, 15) is 9.90 Å². The van der Waals surface area contributed by atoms with Gasteiger partial charge in [0.1, 0.15) is 17.1 Å². The van der Waals surface area contributed by atoms with Crippen LogP contribution in [-0.2, 0) is 12.0 Å². The van der Waals surface area contributed by atoms with E-state index >= 15 is 0 Å². The van der Waals surface area contributed by atoms with Gasteiger partial charge in [-0.2, -0.15) is 5.10 Å². The molecule has 0 unspecified atom stereocenters. The van der Waals surface area contributed by atoms with Gasteiger partial charge < -0.3 is 14.4 Å². The van der Waals surface area contributed by atoms with Gasteiger partial charge in [0.05, 0.1) is 11.3 Å². The predicted octanol–water partition coefficient (Wildman–Crippen LogP) is 3.63. The number of aryl methyl sites for hydroxylation is 1. The number of oxazole rings is 1. The molecule has 1 aliphatic heterocycles. The summed E-state index contributed by atoms with van der Waals surface area (Å²) in [6.45, 7) is 5.91. The van der Waals surface area contributed by atoms with Crippen LogP contribution in [0.1, 0.15) is 60.8 Å². The van der Waals surface area contributed by atoms with Crippen LogP contribution in [0.2, 0.25) is 0 Å². The number of piperidine rings is 1. The van der Waals surface area contributed by atoms with Crippen molar-refractivity contribution in [2.45, 2.75) is 58.1 Å². The molecule has 1 saturated heterocycles. The number of carbonyl (C=O) groups excluding carboxylic acids is 1. The molecule has 1 amide bonds. The molecular weight excluding hydrogens is 380 g/mol. The van der Waals surface area contributed by atoms with Crippen molar-refractivity contribution < 1.29 is 14.3 Å². The molecule has 1 N–H and O–H groups in total. The molecule has 0 aliphatic carbocycles. The smallest absolute Gasteiger partial charge is 0.256 e. The van der Waals surface area contributed by atoms with E-state index in [1.54, 1.807) is 24.7 Å². The highest BCUT2D eigenvalue weighted by molar-refractivity contribution is 5.98. The molecule has 1 atom stereocenters. The largest absolute Gasteiger partial charge is 0.446 e. The zero-order valence-electron chi connectivity index (χ0n) is 17.7. The highest BCUT2D eigenvalue weighted by Crippen LogP contribution is 2.28. The average molecular weight is 409 g/mol. The molecule has 3 aromatic rings. The van der Waals surface area contributed by atoms with E-state index < -0.39 is 5.60 Å². The Hall–Kier alpha value is -2.93. The molecule has 4 rings (SSSR count). The number of hydrogen-bond donors (Lipinski definition) is 1. The van der Waals surface area contributed by atoms with E-state index in [0.717, 1.165) is 24.9 Å². The quantitative estimate of drug-likeness (QED) is 0.697. The van der Waals surface area contributed by atoms with Gasteiger partial charge in [-0.1, -0.05) is 12.1 Å². The molecule has 1 aromatic carbocycles. The Morgan fingerprint density at radius 2 is 2.07 bits per heavy atom. The third kappa shape index (κ3) is 4.03. The van der Waals surface area contributed by atoms with Crippen molar-refractivity contribution in [2.24, 2.45) is 0 Å². The maximum absolute atomic E-state index is 13.5. The fourth-order valence-electron chi connectivity index (χ4n) is 4.21. The van der Waals surface area contributed by atoms with E-state index in [1.807, 2.05) is 48.4 Å². The van der Waals surface area contributed by atoms with Gasteiger partial charge in [-0.15, -0.1) is 0 Å². The minimum Gasteiger partial charge on any atom is -0.446 e. The van der Waals surface area contributed by atoms with Gasteiger partial charge in [0.2, 0.25) is 0 Å². The van der Waals surface area contributed by atoms with Crippen molar-refractivity contribution in [1.29, 1.82) is 0 Å². The van der Waals surface area contributed by atoms with E-state index in [4.69, 9.17) is 4.42 Å². The normalized spacial score (nSPS) is 17.3. The van der Waals surface area contributed by atoms with Crippen molar-refractivity contribution in [3.8, 4) is 5.69 Å². The Morgan fingerprint density at radius 3 is 2.77 bits per heavy atom. The Morgan fingerprint density at radius 1 is 1.27 bits per heavy atom. The van der Waals surface area contributed by atoms with E-state index in [2.05, 4.69) is 10.1 Å². The number of para-hydroxylation sites is 1. The molecule has 0 radical (unpaired) electrons. The van der Waals surface area contributed by atoms with Gasteiger partial charge in [0.25, 0.3) is 5.91 Å². The van der Waals surface area contributed by atoms with E-state index in [1.165, 1.54) is 0 Å². The fourth-order valence-corrected chi connectivity index (χ4v) is 4.21. The number of nitrogens with zero attached hydrogens (tertiary/aromatic N) is 4. The van der Waals surface area contributed by atoms with Crippen molar-refractivity contribution in [3.05, 3.63) is 65.6 Å². The third-order valence-electron chi connectivity index (χ3n) is 5.60. The summed E-state index contributed by atoms with van der Waals surface area (Å²) in [5, 5.41) is 14.6. The lowest BCUT2D eigenvalue weighted by atomic mass is 9.97. The number of carbonyl (C=O) groups is 1. The summed E-state index contributed by atoms with van der Waals surface area (Å²) in [7, 11) is 0. The van der Waals surface area contributed by atoms with Crippen LogP contribution in [0.25, 0.3) is 5.69 Å². The Bertz CT molecular complexity index is 1020. The molecule has 30 heavy (non-hydrogen) atoms. The topological polar surface area (TPSA) is 84.4 Å². The van der Waals surface area contributed by atoms with Crippen molar-refractivity contribution >= 4 is 5.91 Å².